The largest absolute Gasteiger partial charge is 0.493 e. The van der Waals surface area contributed by atoms with Crippen molar-refractivity contribution in [2.24, 2.45) is 0 Å². The molecule has 0 N–H and O–H groups in total. The van der Waals surface area contributed by atoms with Crippen molar-refractivity contribution in [2.75, 3.05) is 6.61 Å². The predicted octanol–water partition coefficient (Wildman–Crippen LogP) is 7.94. The molecule has 28 heavy (non-hydrogen) atoms. The average molecular weight is 383 g/mol. The fourth-order valence-electron chi connectivity index (χ4n) is 2.97. The summed E-state index contributed by atoms with van der Waals surface area (Å²) in [5, 5.41) is 0. The number of aldehydes is 1. The van der Waals surface area contributed by atoms with Crippen molar-refractivity contribution in [2.45, 2.75) is 78.1 Å². The highest BCUT2D eigenvalue weighted by Crippen LogP contribution is 2.22. The molecule has 0 saturated heterocycles. The first-order valence-electron chi connectivity index (χ1n) is 11.0. The Morgan fingerprint density at radius 3 is 2.29 bits per heavy atom. The normalized spacial score (nSPS) is 11.8. The van der Waals surface area contributed by atoms with Crippen molar-refractivity contribution >= 4 is 12.4 Å². The van der Waals surface area contributed by atoms with E-state index in [1.807, 2.05) is 42.5 Å². The Kier molecular flexibility index (Phi) is 14.6. The first kappa shape index (κ1) is 23.9. The molecule has 0 saturated carbocycles. The second kappa shape index (κ2) is 17.0. The number of benzene rings is 1. The Morgan fingerprint density at radius 2 is 1.54 bits per heavy atom. The zero-order valence-electron chi connectivity index (χ0n) is 17.9. The molecule has 0 aliphatic carbocycles. The molecule has 0 spiro atoms. The summed E-state index contributed by atoms with van der Waals surface area (Å²) in [6.45, 7) is 5.03. The van der Waals surface area contributed by atoms with Gasteiger partial charge in [0.05, 0.1) is 12.2 Å². The molecule has 1 aromatic rings. The summed E-state index contributed by atoms with van der Waals surface area (Å²) in [6.07, 6.45) is 25.9. The molecule has 0 amide bonds. The maximum Gasteiger partial charge on any atom is 0.154 e. The molecule has 0 fully saturated rings. The number of allylic oxidation sites excluding steroid dienone is 5. The molecule has 0 aromatic heterocycles. The number of ether oxygens (including phenoxy) is 1. The van der Waals surface area contributed by atoms with Crippen LogP contribution in [0.25, 0.3) is 6.08 Å². The van der Waals surface area contributed by atoms with E-state index in [2.05, 4.69) is 26.0 Å². The molecular weight excluding hydrogens is 344 g/mol. The monoisotopic (exact) mass is 382 g/mol. The quantitative estimate of drug-likeness (QED) is 0.165. The lowest BCUT2D eigenvalue weighted by Crippen LogP contribution is -2.00. The SMILES string of the molecule is CCCCCCCCCC=CC=CC=Cc1cccc(OCCCC)c1C=O. The summed E-state index contributed by atoms with van der Waals surface area (Å²) in [7, 11) is 0. The van der Waals surface area contributed by atoms with Gasteiger partial charge in [0.1, 0.15) is 5.75 Å². The van der Waals surface area contributed by atoms with Crippen LogP contribution in [0.4, 0.5) is 0 Å². The standard InChI is InChI=1S/C26H38O2/c1-3-5-7-8-9-10-11-12-13-14-15-16-17-19-24-20-18-21-26(25(24)23-27)28-22-6-4-2/h13-21,23H,3-12,22H2,1-2H3. The van der Waals surface area contributed by atoms with Crippen molar-refractivity contribution < 1.29 is 9.53 Å². The lowest BCUT2D eigenvalue weighted by atomic mass is 10.1. The van der Waals surface area contributed by atoms with E-state index in [1.165, 1.54) is 44.9 Å². The Labute approximate surface area is 172 Å². The van der Waals surface area contributed by atoms with Gasteiger partial charge in [0.25, 0.3) is 0 Å². The Hall–Kier alpha value is -2.09. The zero-order valence-corrected chi connectivity index (χ0v) is 17.9. The molecule has 0 aliphatic heterocycles. The highest BCUT2D eigenvalue weighted by atomic mass is 16.5. The fourth-order valence-corrected chi connectivity index (χ4v) is 2.97. The highest BCUT2D eigenvalue weighted by molar-refractivity contribution is 5.85. The van der Waals surface area contributed by atoms with E-state index >= 15 is 0 Å². The molecule has 0 heterocycles. The van der Waals surface area contributed by atoms with E-state index in [9.17, 15) is 4.79 Å². The van der Waals surface area contributed by atoms with Crippen LogP contribution < -0.4 is 4.74 Å². The van der Waals surface area contributed by atoms with Crippen LogP contribution in [-0.2, 0) is 0 Å². The molecule has 1 aromatic carbocycles. The molecule has 0 radical (unpaired) electrons. The van der Waals surface area contributed by atoms with Gasteiger partial charge in [-0.15, -0.1) is 0 Å². The molecule has 2 heteroatoms. The maximum absolute atomic E-state index is 11.5. The van der Waals surface area contributed by atoms with Gasteiger partial charge in [-0.3, -0.25) is 4.79 Å². The molecule has 1 rings (SSSR count). The number of rotatable bonds is 16. The lowest BCUT2D eigenvalue weighted by Gasteiger charge is -2.09. The molecule has 154 valence electrons. The lowest BCUT2D eigenvalue weighted by molar-refractivity contribution is 0.111. The molecule has 2 nitrogen and oxygen atoms in total. The minimum absolute atomic E-state index is 0.623. The van der Waals surface area contributed by atoms with Crippen molar-refractivity contribution in [3.8, 4) is 5.75 Å². The smallest absolute Gasteiger partial charge is 0.154 e. The van der Waals surface area contributed by atoms with Gasteiger partial charge < -0.3 is 4.74 Å². The molecule has 0 aliphatic rings. The van der Waals surface area contributed by atoms with Crippen molar-refractivity contribution in [3.05, 3.63) is 59.7 Å². The van der Waals surface area contributed by atoms with Crippen LogP contribution in [0.3, 0.4) is 0 Å². The summed E-state index contributed by atoms with van der Waals surface area (Å²) in [5.74, 6) is 0.671. The van der Waals surface area contributed by atoms with E-state index < -0.39 is 0 Å². The Morgan fingerprint density at radius 1 is 0.821 bits per heavy atom. The van der Waals surface area contributed by atoms with E-state index in [0.29, 0.717) is 17.9 Å². The summed E-state index contributed by atoms with van der Waals surface area (Å²) in [4.78, 5) is 11.5. The second-order valence-electron chi connectivity index (χ2n) is 7.16. The van der Waals surface area contributed by atoms with Crippen molar-refractivity contribution in [3.63, 3.8) is 0 Å². The van der Waals surface area contributed by atoms with Gasteiger partial charge in [-0.05, 0) is 30.9 Å². The first-order chi connectivity index (χ1) is 13.8. The number of carbonyl (C=O) groups is 1. The summed E-state index contributed by atoms with van der Waals surface area (Å²) in [5.41, 5.74) is 1.51. The topological polar surface area (TPSA) is 26.3 Å². The highest BCUT2D eigenvalue weighted by Gasteiger charge is 2.06. The summed E-state index contributed by atoms with van der Waals surface area (Å²) >= 11 is 0. The van der Waals surface area contributed by atoms with Gasteiger partial charge >= 0.3 is 0 Å². The third-order valence-electron chi connectivity index (χ3n) is 4.69. The zero-order chi connectivity index (χ0) is 20.3. The van der Waals surface area contributed by atoms with Crippen molar-refractivity contribution in [1.29, 1.82) is 0 Å². The molecule has 0 atom stereocenters. The van der Waals surface area contributed by atoms with Gasteiger partial charge in [-0.25, -0.2) is 0 Å². The van der Waals surface area contributed by atoms with Crippen molar-refractivity contribution in [1.82, 2.24) is 0 Å². The summed E-state index contributed by atoms with van der Waals surface area (Å²) < 4.78 is 5.73. The van der Waals surface area contributed by atoms with Gasteiger partial charge in [0.2, 0.25) is 0 Å². The minimum atomic E-state index is 0.623. The van der Waals surface area contributed by atoms with Crippen LogP contribution >= 0.6 is 0 Å². The van der Waals surface area contributed by atoms with E-state index in [4.69, 9.17) is 4.74 Å². The minimum Gasteiger partial charge on any atom is -0.493 e. The Bertz CT molecular complexity index is 611. The maximum atomic E-state index is 11.5. The van der Waals surface area contributed by atoms with Gasteiger partial charge in [0.15, 0.2) is 6.29 Å². The number of hydrogen-bond acceptors (Lipinski definition) is 2. The van der Waals surface area contributed by atoms with E-state index in [0.717, 1.165) is 31.1 Å². The molecule has 0 unspecified atom stereocenters. The first-order valence-corrected chi connectivity index (χ1v) is 11.0. The predicted molar refractivity (Wildman–Crippen MR) is 122 cm³/mol. The average Bonchev–Trinajstić information content (AvgIpc) is 2.71. The van der Waals surface area contributed by atoms with Gasteiger partial charge in [0, 0.05) is 0 Å². The van der Waals surface area contributed by atoms with E-state index in [-0.39, 0.29) is 0 Å². The van der Waals surface area contributed by atoms with E-state index in [1.54, 1.807) is 0 Å². The van der Waals surface area contributed by atoms with Crippen LogP contribution in [0.5, 0.6) is 5.75 Å². The fraction of sp³-hybridized carbons (Fsp3) is 0.500. The van der Waals surface area contributed by atoms with Gasteiger partial charge in [-0.1, -0.05) is 107 Å². The van der Waals surface area contributed by atoms with Crippen LogP contribution in [0.15, 0.2) is 48.6 Å². The summed E-state index contributed by atoms with van der Waals surface area (Å²) in [6, 6.07) is 5.73. The second-order valence-corrected chi connectivity index (χ2v) is 7.16. The van der Waals surface area contributed by atoms with Gasteiger partial charge in [-0.2, -0.15) is 0 Å². The molecule has 0 bridgehead atoms. The number of carbonyl (C=O) groups excluding carboxylic acids is 1. The third kappa shape index (κ3) is 10.9. The third-order valence-corrected chi connectivity index (χ3v) is 4.69. The van der Waals surface area contributed by atoms with Crippen LogP contribution in [-0.4, -0.2) is 12.9 Å². The molecular formula is C26H38O2. The van der Waals surface area contributed by atoms with Crippen LogP contribution in [0, 0.1) is 0 Å². The number of unbranched alkanes of at least 4 members (excludes halogenated alkanes) is 8. The Balaban J connectivity index is 2.35. The van der Waals surface area contributed by atoms with Crippen LogP contribution in [0.2, 0.25) is 0 Å². The number of hydrogen-bond donors (Lipinski definition) is 0. The van der Waals surface area contributed by atoms with Crippen LogP contribution in [0.1, 0.15) is 94.0 Å².